The molecule has 3 rings (SSSR count). The van der Waals surface area contributed by atoms with E-state index in [0.717, 1.165) is 12.0 Å². The SMILES string of the molecule is Cc1ccc(O)c(C(=O)N2CC=C(c3ccccc3)CC2)c1. The van der Waals surface area contributed by atoms with Gasteiger partial charge in [-0.2, -0.15) is 0 Å². The molecule has 1 N–H and O–H groups in total. The van der Waals surface area contributed by atoms with Gasteiger partial charge in [0.25, 0.3) is 5.91 Å². The summed E-state index contributed by atoms with van der Waals surface area (Å²) in [6.07, 6.45) is 2.94. The molecule has 3 nitrogen and oxygen atoms in total. The number of hydrogen-bond donors (Lipinski definition) is 1. The molecule has 2 aromatic rings. The average molecular weight is 293 g/mol. The standard InChI is InChI=1S/C19H19NO2/c1-14-7-8-18(21)17(13-14)19(22)20-11-9-16(10-12-20)15-5-3-2-4-6-15/h2-9,13,21H,10-12H2,1H3. The molecule has 0 bridgehead atoms. The van der Waals surface area contributed by atoms with Gasteiger partial charge in [0.2, 0.25) is 0 Å². The Labute approximate surface area is 130 Å². The van der Waals surface area contributed by atoms with E-state index in [4.69, 9.17) is 0 Å². The van der Waals surface area contributed by atoms with Crippen LogP contribution in [0.5, 0.6) is 5.75 Å². The van der Waals surface area contributed by atoms with Crippen LogP contribution >= 0.6 is 0 Å². The lowest BCUT2D eigenvalue weighted by Gasteiger charge is -2.27. The van der Waals surface area contributed by atoms with Crippen LogP contribution in [0.3, 0.4) is 0 Å². The van der Waals surface area contributed by atoms with Crippen molar-refractivity contribution in [2.75, 3.05) is 13.1 Å². The molecule has 0 radical (unpaired) electrons. The monoisotopic (exact) mass is 293 g/mol. The smallest absolute Gasteiger partial charge is 0.257 e. The molecule has 0 saturated carbocycles. The maximum Gasteiger partial charge on any atom is 0.257 e. The molecule has 0 aromatic heterocycles. The highest BCUT2D eigenvalue weighted by atomic mass is 16.3. The highest BCUT2D eigenvalue weighted by Crippen LogP contribution is 2.25. The molecule has 0 atom stereocenters. The van der Waals surface area contributed by atoms with Gasteiger partial charge in [-0.05, 0) is 36.6 Å². The Morgan fingerprint density at radius 1 is 1.14 bits per heavy atom. The third-order valence-electron chi connectivity index (χ3n) is 4.02. The fourth-order valence-corrected chi connectivity index (χ4v) is 2.76. The maximum absolute atomic E-state index is 12.6. The van der Waals surface area contributed by atoms with Crippen molar-refractivity contribution >= 4 is 11.5 Å². The summed E-state index contributed by atoms with van der Waals surface area (Å²) >= 11 is 0. The summed E-state index contributed by atoms with van der Waals surface area (Å²) in [6.45, 7) is 3.17. The summed E-state index contributed by atoms with van der Waals surface area (Å²) in [5.41, 5.74) is 3.85. The first-order valence-electron chi connectivity index (χ1n) is 7.48. The topological polar surface area (TPSA) is 40.5 Å². The molecule has 0 aliphatic carbocycles. The van der Waals surface area contributed by atoms with Gasteiger partial charge in [0.15, 0.2) is 0 Å². The molecule has 1 heterocycles. The van der Waals surface area contributed by atoms with E-state index in [-0.39, 0.29) is 11.7 Å². The van der Waals surface area contributed by atoms with Crippen molar-refractivity contribution in [2.24, 2.45) is 0 Å². The van der Waals surface area contributed by atoms with Crippen LogP contribution < -0.4 is 0 Å². The van der Waals surface area contributed by atoms with Gasteiger partial charge < -0.3 is 10.0 Å². The number of amides is 1. The number of nitrogens with zero attached hydrogens (tertiary/aromatic N) is 1. The van der Waals surface area contributed by atoms with Crippen LogP contribution in [0.4, 0.5) is 0 Å². The molecule has 1 aliphatic heterocycles. The Hall–Kier alpha value is -2.55. The largest absolute Gasteiger partial charge is 0.507 e. The van der Waals surface area contributed by atoms with E-state index in [1.807, 2.05) is 25.1 Å². The van der Waals surface area contributed by atoms with Crippen molar-refractivity contribution in [3.63, 3.8) is 0 Å². The summed E-state index contributed by atoms with van der Waals surface area (Å²) in [5.74, 6) is -0.0574. The van der Waals surface area contributed by atoms with Crippen molar-refractivity contribution in [3.8, 4) is 5.75 Å². The predicted octanol–water partition coefficient (Wildman–Crippen LogP) is 3.63. The number of carbonyl (C=O) groups excluding carboxylic acids is 1. The highest BCUT2D eigenvalue weighted by Gasteiger charge is 2.21. The van der Waals surface area contributed by atoms with Gasteiger partial charge in [0, 0.05) is 13.1 Å². The van der Waals surface area contributed by atoms with Gasteiger partial charge >= 0.3 is 0 Å². The molecule has 112 valence electrons. The summed E-state index contributed by atoms with van der Waals surface area (Å²) in [4.78, 5) is 14.3. The molecule has 1 amide bonds. The normalized spacial score (nSPS) is 14.6. The molecule has 0 spiro atoms. The van der Waals surface area contributed by atoms with Crippen LogP contribution in [0.1, 0.15) is 27.9 Å². The van der Waals surface area contributed by atoms with Gasteiger partial charge in [-0.3, -0.25) is 4.79 Å². The van der Waals surface area contributed by atoms with Crippen molar-refractivity contribution in [1.82, 2.24) is 4.90 Å². The van der Waals surface area contributed by atoms with E-state index < -0.39 is 0 Å². The molecule has 2 aromatic carbocycles. The lowest BCUT2D eigenvalue weighted by molar-refractivity contribution is 0.0770. The summed E-state index contributed by atoms with van der Waals surface area (Å²) in [7, 11) is 0. The lowest BCUT2D eigenvalue weighted by atomic mass is 9.99. The van der Waals surface area contributed by atoms with E-state index in [9.17, 15) is 9.90 Å². The first-order valence-corrected chi connectivity index (χ1v) is 7.48. The van der Waals surface area contributed by atoms with Gasteiger partial charge in [0.05, 0.1) is 5.56 Å². The molecule has 22 heavy (non-hydrogen) atoms. The van der Waals surface area contributed by atoms with Crippen molar-refractivity contribution in [3.05, 3.63) is 71.3 Å². The molecule has 0 unspecified atom stereocenters. The van der Waals surface area contributed by atoms with Crippen LogP contribution in [0.25, 0.3) is 5.57 Å². The van der Waals surface area contributed by atoms with Crippen LogP contribution in [-0.4, -0.2) is 29.0 Å². The molecule has 0 saturated heterocycles. The van der Waals surface area contributed by atoms with E-state index in [0.29, 0.717) is 18.7 Å². The third-order valence-corrected chi connectivity index (χ3v) is 4.02. The van der Waals surface area contributed by atoms with Gasteiger partial charge in [-0.25, -0.2) is 0 Å². The Balaban J connectivity index is 1.77. The lowest BCUT2D eigenvalue weighted by Crippen LogP contribution is -2.34. The first-order chi connectivity index (χ1) is 10.6. The maximum atomic E-state index is 12.6. The number of phenolic OH excluding ortho intramolecular Hbond substituents is 1. The van der Waals surface area contributed by atoms with E-state index >= 15 is 0 Å². The van der Waals surface area contributed by atoms with Crippen molar-refractivity contribution in [1.29, 1.82) is 0 Å². The van der Waals surface area contributed by atoms with Crippen LogP contribution in [-0.2, 0) is 0 Å². The average Bonchev–Trinajstić information content (AvgIpc) is 2.57. The number of hydrogen-bond acceptors (Lipinski definition) is 2. The fraction of sp³-hybridized carbons (Fsp3) is 0.211. The van der Waals surface area contributed by atoms with Gasteiger partial charge in [0.1, 0.15) is 5.75 Å². The Morgan fingerprint density at radius 2 is 1.91 bits per heavy atom. The zero-order valence-corrected chi connectivity index (χ0v) is 12.6. The van der Waals surface area contributed by atoms with E-state index in [1.54, 1.807) is 23.1 Å². The Morgan fingerprint density at radius 3 is 2.59 bits per heavy atom. The summed E-state index contributed by atoms with van der Waals surface area (Å²) in [6, 6.07) is 15.4. The molecular formula is C19H19NO2. The van der Waals surface area contributed by atoms with Crippen LogP contribution in [0.2, 0.25) is 0 Å². The number of phenols is 1. The Bertz CT molecular complexity index is 719. The second kappa shape index (κ2) is 6.06. The number of rotatable bonds is 2. The van der Waals surface area contributed by atoms with Crippen LogP contribution in [0.15, 0.2) is 54.6 Å². The Kier molecular flexibility index (Phi) is 3.96. The zero-order chi connectivity index (χ0) is 15.5. The van der Waals surface area contributed by atoms with Crippen molar-refractivity contribution < 1.29 is 9.90 Å². The zero-order valence-electron chi connectivity index (χ0n) is 12.6. The number of aryl methyl sites for hydroxylation is 1. The van der Waals surface area contributed by atoms with Crippen molar-refractivity contribution in [2.45, 2.75) is 13.3 Å². The molecule has 0 fully saturated rings. The number of carbonyl (C=O) groups is 1. The third kappa shape index (κ3) is 2.89. The summed E-state index contributed by atoms with van der Waals surface area (Å²) in [5, 5.41) is 9.90. The van der Waals surface area contributed by atoms with Gasteiger partial charge in [-0.15, -0.1) is 0 Å². The summed E-state index contributed by atoms with van der Waals surface area (Å²) < 4.78 is 0. The molecular weight excluding hydrogens is 274 g/mol. The van der Waals surface area contributed by atoms with Gasteiger partial charge in [-0.1, -0.05) is 48.0 Å². The minimum absolute atomic E-state index is 0.0495. The van der Waals surface area contributed by atoms with E-state index in [1.165, 1.54) is 11.1 Å². The first kappa shape index (κ1) is 14.4. The number of benzene rings is 2. The minimum atomic E-state index is -0.107. The highest BCUT2D eigenvalue weighted by molar-refractivity contribution is 5.97. The molecule has 3 heteroatoms. The number of aromatic hydroxyl groups is 1. The minimum Gasteiger partial charge on any atom is -0.507 e. The predicted molar refractivity (Wildman–Crippen MR) is 87.8 cm³/mol. The van der Waals surface area contributed by atoms with Crippen LogP contribution in [0, 0.1) is 6.92 Å². The second-order valence-corrected chi connectivity index (χ2v) is 5.62. The fourth-order valence-electron chi connectivity index (χ4n) is 2.76. The molecule has 1 aliphatic rings. The van der Waals surface area contributed by atoms with E-state index in [2.05, 4.69) is 18.2 Å². The quantitative estimate of drug-likeness (QED) is 0.918. The second-order valence-electron chi connectivity index (χ2n) is 5.62.